The van der Waals surface area contributed by atoms with Crippen molar-refractivity contribution < 1.29 is 24.2 Å². The van der Waals surface area contributed by atoms with Gasteiger partial charge in [-0.3, -0.25) is 14.4 Å². The van der Waals surface area contributed by atoms with Gasteiger partial charge in [0, 0.05) is 18.8 Å². The molecule has 0 radical (unpaired) electrons. The number of rotatable bonds is 3. The summed E-state index contributed by atoms with van der Waals surface area (Å²) in [5.41, 5.74) is -0.222. The Labute approximate surface area is 166 Å². The van der Waals surface area contributed by atoms with E-state index in [0.717, 1.165) is 38.5 Å². The van der Waals surface area contributed by atoms with E-state index < -0.39 is 23.6 Å². The van der Waals surface area contributed by atoms with Crippen molar-refractivity contribution >= 4 is 17.5 Å². The molecule has 28 heavy (non-hydrogen) atoms. The first kappa shape index (κ1) is 19.8. The molecule has 3 fully saturated rings. The number of carbonyl (C=O) groups is 3. The lowest BCUT2D eigenvalue weighted by Gasteiger charge is -2.59. The van der Waals surface area contributed by atoms with Crippen LogP contribution in [-0.2, 0) is 19.1 Å². The Kier molecular flexibility index (Phi) is 4.61. The number of ketones is 2. The maximum absolute atomic E-state index is 12.8. The number of ether oxygens (including phenoxy) is 1. The molecule has 0 aromatic rings. The van der Waals surface area contributed by atoms with Crippen molar-refractivity contribution in [3.8, 4) is 0 Å². The molecule has 0 aromatic carbocycles. The largest absolute Gasteiger partial charge is 0.451 e. The summed E-state index contributed by atoms with van der Waals surface area (Å²) in [5.74, 6) is 0.746. The lowest BCUT2D eigenvalue weighted by molar-refractivity contribution is -0.189. The zero-order valence-electron chi connectivity index (χ0n) is 17.3. The highest BCUT2D eigenvalue weighted by molar-refractivity contribution is 5.92. The highest BCUT2D eigenvalue weighted by Crippen LogP contribution is 2.68. The molecular formula is C23H32O5. The molecule has 0 aromatic heterocycles. The van der Waals surface area contributed by atoms with Crippen LogP contribution < -0.4 is 0 Å². The lowest BCUT2D eigenvalue weighted by Crippen LogP contribution is -2.59. The van der Waals surface area contributed by atoms with Crippen LogP contribution in [0.15, 0.2) is 11.6 Å². The summed E-state index contributed by atoms with van der Waals surface area (Å²) in [6.45, 7) is 5.20. The van der Waals surface area contributed by atoms with Gasteiger partial charge in [-0.2, -0.15) is 0 Å². The number of Topliss-reactive ketones (excluding diaryl/α,β-unsaturated/α-hetero) is 1. The number of allylic oxidation sites excluding steroid dienone is 1. The molecule has 0 amide bonds. The first-order valence-electron chi connectivity index (χ1n) is 10.8. The molecule has 0 saturated heterocycles. The molecule has 0 bridgehead atoms. The molecule has 3 saturated carbocycles. The highest BCUT2D eigenvalue weighted by Gasteiger charge is 2.68. The van der Waals surface area contributed by atoms with Crippen LogP contribution in [0, 0.1) is 28.6 Å². The summed E-state index contributed by atoms with van der Waals surface area (Å²) < 4.78 is 5.75. The zero-order valence-corrected chi connectivity index (χ0v) is 17.3. The molecule has 1 N–H and O–H groups in total. The molecule has 6 atom stereocenters. The minimum absolute atomic E-state index is 0.0752. The fraction of sp³-hybridized carbons (Fsp3) is 0.783. The van der Waals surface area contributed by atoms with Crippen LogP contribution in [0.1, 0.15) is 72.1 Å². The van der Waals surface area contributed by atoms with E-state index in [2.05, 4.69) is 13.8 Å². The molecule has 0 spiro atoms. The second-order valence-corrected chi connectivity index (χ2v) is 9.97. The summed E-state index contributed by atoms with van der Waals surface area (Å²) >= 11 is 0. The van der Waals surface area contributed by atoms with Gasteiger partial charge in [-0.15, -0.1) is 0 Å². The van der Waals surface area contributed by atoms with Crippen molar-refractivity contribution in [2.24, 2.45) is 28.6 Å². The number of fused-ring (bicyclic) bond motifs is 5. The van der Waals surface area contributed by atoms with Crippen molar-refractivity contribution in [2.45, 2.75) is 77.7 Å². The van der Waals surface area contributed by atoms with E-state index in [1.54, 1.807) is 0 Å². The minimum Gasteiger partial charge on any atom is -0.451 e. The number of hydrogen-bond acceptors (Lipinski definition) is 5. The van der Waals surface area contributed by atoms with Gasteiger partial charge in [0.1, 0.15) is 6.61 Å². The van der Waals surface area contributed by atoms with E-state index >= 15 is 0 Å². The molecule has 4 aliphatic rings. The van der Waals surface area contributed by atoms with Gasteiger partial charge in [-0.25, -0.2) is 0 Å². The SMILES string of the molecule is CC(=O)O[C@]1(C(=O)CO)CCC2C3CCC4=CC(=O)CCC4(C)C3CCC21C. The average Bonchev–Trinajstić information content (AvgIpc) is 2.94. The second kappa shape index (κ2) is 6.51. The first-order chi connectivity index (χ1) is 13.2. The Hall–Kier alpha value is -1.49. The van der Waals surface area contributed by atoms with Crippen LogP contribution in [0.5, 0.6) is 0 Å². The van der Waals surface area contributed by atoms with E-state index in [9.17, 15) is 19.5 Å². The lowest BCUT2D eigenvalue weighted by atomic mass is 9.46. The number of esters is 1. The normalized spacial score (nSPS) is 44.8. The zero-order chi connectivity index (χ0) is 20.3. The van der Waals surface area contributed by atoms with Crippen molar-refractivity contribution in [3.63, 3.8) is 0 Å². The molecule has 5 heteroatoms. The maximum atomic E-state index is 12.8. The van der Waals surface area contributed by atoms with Gasteiger partial charge in [0.2, 0.25) is 5.78 Å². The number of aliphatic hydroxyl groups is 1. The van der Waals surface area contributed by atoms with Crippen molar-refractivity contribution in [1.82, 2.24) is 0 Å². The van der Waals surface area contributed by atoms with E-state index in [-0.39, 0.29) is 17.0 Å². The van der Waals surface area contributed by atoms with Crippen molar-refractivity contribution in [1.29, 1.82) is 0 Å². The van der Waals surface area contributed by atoms with Gasteiger partial charge in [-0.05, 0) is 74.2 Å². The standard InChI is InChI=1S/C23H32O5/c1-14(25)28-23(20(27)13-24)11-8-19-17-5-4-15-12-16(26)6-9-21(15,2)18(17)7-10-22(19,23)3/h12,17-19,24H,4-11,13H2,1-3H3/t17?,18?,19?,21?,22?,23-/m0/s1. The average molecular weight is 389 g/mol. The smallest absolute Gasteiger partial charge is 0.303 e. The molecular weight excluding hydrogens is 356 g/mol. The first-order valence-corrected chi connectivity index (χ1v) is 10.8. The Morgan fingerprint density at radius 2 is 1.82 bits per heavy atom. The third-order valence-electron chi connectivity index (χ3n) is 8.99. The predicted octanol–water partition coefficient (Wildman–Crippen LogP) is 3.38. The molecule has 5 unspecified atom stereocenters. The van der Waals surface area contributed by atoms with Crippen LogP contribution >= 0.6 is 0 Å². The van der Waals surface area contributed by atoms with E-state index in [1.807, 2.05) is 6.08 Å². The fourth-order valence-electron chi connectivity index (χ4n) is 7.61. The molecule has 4 rings (SSSR count). The van der Waals surface area contributed by atoms with E-state index in [0.29, 0.717) is 30.6 Å². The Bertz CT molecular complexity index is 754. The van der Waals surface area contributed by atoms with Gasteiger partial charge in [0.15, 0.2) is 11.4 Å². The molecule has 0 aliphatic heterocycles. The Morgan fingerprint density at radius 1 is 1.11 bits per heavy atom. The number of hydrogen-bond donors (Lipinski definition) is 1. The Balaban J connectivity index is 1.70. The maximum Gasteiger partial charge on any atom is 0.303 e. The second-order valence-electron chi connectivity index (χ2n) is 9.97. The highest BCUT2D eigenvalue weighted by atomic mass is 16.6. The number of aliphatic hydroxyl groups excluding tert-OH is 1. The quantitative estimate of drug-likeness (QED) is 0.750. The monoisotopic (exact) mass is 388 g/mol. The van der Waals surface area contributed by atoms with Gasteiger partial charge in [-0.1, -0.05) is 19.4 Å². The topological polar surface area (TPSA) is 80.7 Å². The molecule has 154 valence electrons. The summed E-state index contributed by atoms with van der Waals surface area (Å²) in [6.07, 6.45) is 8.59. The Morgan fingerprint density at radius 3 is 2.50 bits per heavy atom. The summed E-state index contributed by atoms with van der Waals surface area (Å²) in [6, 6.07) is 0. The predicted molar refractivity (Wildman–Crippen MR) is 103 cm³/mol. The third kappa shape index (κ3) is 2.51. The summed E-state index contributed by atoms with van der Waals surface area (Å²) in [7, 11) is 0. The van der Waals surface area contributed by atoms with Gasteiger partial charge in [0.05, 0.1) is 0 Å². The van der Waals surface area contributed by atoms with Crippen LogP contribution in [0.25, 0.3) is 0 Å². The molecule has 0 heterocycles. The van der Waals surface area contributed by atoms with E-state index in [4.69, 9.17) is 4.74 Å². The molecule has 5 nitrogen and oxygen atoms in total. The van der Waals surface area contributed by atoms with Crippen LogP contribution in [0.2, 0.25) is 0 Å². The van der Waals surface area contributed by atoms with Crippen LogP contribution in [0.3, 0.4) is 0 Å². The summed E-state index contributed by atoms with van der Waals surface area (Å²) in [4.78, 5) is 36.7. The van der Waals surface area contributed by atoms with E-state index in [1.165, 1.54) is 12.5 Å². The fourth-order valence-corrected chi connectivity index (χ4v) is 7.61. The third-order valence-corrected chi connectivity index (χ3v) is 8.99. The van der Waals surface area contributed by atoms with Crippen LogP contribution in [0.4, 0.5) is 0 Å². The number of carbonyl (C=O) groups excluding carboxylic acids is 3. The van der Waals surface area contributed by atoms with Gasteiger partial charge < -0.3 is 9.84 Å². The van der Waals surface area contributed by atoms with Crippen molar-refractivity contribution in [2.75, 3.05) is 6.61 Å². The molecule has 4 aliphatic carbocycles. The van der Waals surface area contributed by atoms with Crippen LogP contribution in [-0.4, -0.2) is 34.9 Å². The van der Waals surface area contributed by atoms with Gasteiger partial charge in [0.25, 0.3) is 0 Å². The summed E-state index contributed by atoms with van der Waals surface area (Å²) in [5, 5.41) is 9.65. The minimum atomic E-state index is -1.19. The van der Waals surface area contributed by atoms with Crippen molar-refractivity contribution in [3.05, 3.63) is 11.6 Å². The van der Waals surface area contributed by atoms with Gasteiger partial charge >= 0.3 is 5.97 Å².